The number of nitrogens with zero attached hydrogens (tertiary/aromatic N) is 2. The summed E-state index contributed by atoms with van der Waals surface area (Å²) < 4.78 is 7.96. The van der Waals surface area contributed by atoms with Crippen molar-refractivity contribution < 1.29 is 4.42 Å². The molecular weight excluding hydrogens is 940 g/mol. The summed E-state index contributed by atoms with van der Waals surface area (Å²) in [6.07, 6.45) is 18.6. The Labute approximate surface area is 459 Å². The van der Waals surface area contributed by atoms with Gasteiger partial charge >= 0.3 is 0 Å². The van der Waals surface area contributed by atoms with E-state index in [0.717, 1.165) is 18.5 Å². The molecule has 0 radical (unpaired) electrons. The molecule has 0 amide bonds. The second-order valence-corrected chi connectivity index (χ2v) is 39.4. The molecular formula is C71H89BN2OS. The Hall–Kier alpha value is -4.87. The van der Waals surface area contributed by atoms with E-state index in [2.05, 4.69) is 229 Å². The predicted octanol–water partition coefficient (Wildman–Crippen LogP) is 17.4. The van der Waals surface area contributed by atoms with Gasteiger partial charge in [0.15, 0.2) is 0 Å². The minimum absolute atomic E-state index is 0.0331. The summed E-state index contributed by atoms with van der Waals surface area (Å²) in [6, 6.07) is 37.0. The van der Waals surface area contributed by atoms with Crippen molar-refractivity contribution in [3.05, 3.63) is 141 Å². The molecule has 3 aliphatic heterocycles. The van der Waals surface area contributed by atoms with E-state index < -0.39 is 9.16 Å². The van der Waals surface area contributed by atoms with Crippen LogP contribution in [0.15, 0.2) is 101 Å². The third-order valence-corrected chi connectivity index (χ3v) is 25.7. The van der Waals surface area contributed by atoms with Gasteiger partial charge in [-0.25, -0.2) is 0 Å². The van der Waals surface area contributed by atoms with Crippen molar-refractivity contribution in [2.75, 3.05) is 34.3 Å². The second-order valence-electron chi connectivity index (χ2n) is 31.9. The Bertz CT molecular complexity index is 3510. The number of benzene rings is 5. The van der Waals surface area contributed by atoms with Crippen LogP contribution in [0.3, 0.4) is 0 Å². The molecule has 0 spiro atoms. The number of allylic oxidation sites excluding steroid dienone is 1. The molecule has 0 bridgehead atoms. The summed E-state index contributed by atoms with van der Waals surface area (Å²) in [5.41, 5.74) is 26.5. The summed E-state index contributed by atoms with van der Waals surface area (Å²) in [4.78, 5) is 5.59. The lowest BCUT2D eigenvalue weighted by atomic mass is 9.35. The van der Waals surface area contributed by atoms with E-state index in [1.54, 1.807) is 5.57 Å². The Kier molecular flexibility index (Phi) is 10.3. The smallest absolute Gasteiger partial charge is 0.297 e. The average Bonchev–Trinajstić information content (AvgIpc) is 3.79. The highest BCUT2D eigenvalue weighted by atomic mass is 32.3. The highest BCUT2D eigenvalue weighted by Gasteiger charge is 2.56. The van der Waals surface area contributed by atoms with Crippen LogP contribution in [0.1, 0.15) is 192 Å². The Morgan fingerprint density at radius 1 is 0.592 bits per heavy atom. The topological polar surface area (TPSA) is 19.6 Å². The van der Waals surface area contributed by atoms with Crippen LogP contribution < -0.4 is 26.4 Å². The van der Waals surface area contributed by atoms with Crippen molar-refractivity contribution >= 4 is 72.7 Å². The number of hydrogen-bond donors (Lipinski definition) is 1. The van der Waals surface area contributed by atoms with Crippen LogP contribution >= 0.6 is 9.16 Å². The first-order valence-corrected chi connectivity index (χ1v) is 33.3. The molecule has 1 saturated heterocycles. The predicted molar refractivity (Wildman–Crippen MR) is 334 cm³/mol. The van der Waals surface area contributed by atoms with Crippen molar-refractivity contribution in [2.45, 2.75) is 181 Å². The van der Waals surface area contributed by atoms with E-state index in [1.807, 2.05) is 0 Å². The molecule has 2 unspecified atom stereocenters. The summed E-state index contributed by atoms with van der Waals surface area (Å²) in [6.45, 7) is 37.2. The molecule has 0 N–H and O–H groups in total. The lowest BCUT2D eigenvalue weighted by Crippen LogP contribution is -2.62. The molecule has 5 heteroatoms. The number of furan rings is 1. The van der Waals surface area contributed by atoms with Crippen molar-refractivity contribution in [2.24, 2.45) is 16.7 Å². The molecule has 1 aromatic heterocycles. The van der Waals surface area contributed by atoms with E-state index in [9.17, 15) is 0 Å². The number of anilines is 6. The van der Waals surface area contributed by atoms with Gasteiger partial charge in [0.05, 0.1) is 17.0 Å². The zero-order chi connectivity index (χ0) is 54.1. The zero-order valence-corrected chi connectivity index (χ0v) is 50.8. The van der Waals surface area contributed by atoms with Crippen LogP contribution in [0.4, 0.5) is 34.1 Å². The Morgan fingerprint density at radius 2 is 1.20 bits per heavy atom. The van der Waals surface area contributed by atoms with Gasteiger partial charge < -0.3 is 14.2 Å². The number of fused-ring (bicyclic) bond motifs is 10. The molecule has 398 valence electrons. The first kappa shape index (κ1) is 50.6. The molecule has 1 saturated carbocycles. The minimum Gasteiger partial charge on any atom is -0.472 e. The molecule has 2 atom stereocenters. The van der Waals surface area contributed by atoms with Crippen LogP contribution in [-0.2, 0) is 33.5 Å². The lowest BCUT2D eigenvalue weighted by molar-refractivity contribution is 0.119. The first-order valence-electron chi connectivity index (χ1n) is 29.5. The zero-order valence-electron chi connectivity index (χ0n) is 49.9. The van der Waals surface area contributed by atoms with E-state index in [1.165, 1.54) is 139 Å². The van der Waals surface area contributed by atoms with Crippen LogP contribution in [0.5, 0.6) is 0 Å². The van der Waals surface area contributed by atoms with Crippen LogP contribution in [0.25, 0.3) is 17.2 Å². The summed E-state index contributed by atoms with van der Waals surface area (Å²) >= 11 is 0. The molecule has 4 aliphatic carbocycles. The van der Waals surface area contributed by atoms with Crippen LogP contribution in [0, 0.1) is 16.7 Å². The van der Waals surface area contributed by atoms with Crippen molar-refractivity contribution in [1.82, 2.24) is 0 Å². The molecule has 2 fully saturated rings. The van der Waals surface area contributed by atoms with Gasteiger partial charge in [0.25, 0.3) is 6.71 Å². The molecule has 13 rings (SSSR count). The number of rotatable bonds is 4. The van der Waals surface area contributed by atoms with Crippen molar-refractivity contribution in [1.29, 1.82) is 0 Å². The van der Waals surface area contributed by atoms with E-state index in [-0.39, 0.29) is 44.6 Å². The SMILES string of the molecule is CC1(C)CCC(C)(C)C2Cc3oc4c(c3C=C21)N(c1ccc(C(C)(C)C)cc1-c1ccccc1)c1cc(C2C[SH]2(C)(C)C)cc2c1B4c1ccc3c(c1N2c1ccc2c(c1)C(C)(C)CCC2(C)C)C(C)(C)CCC3(C)C. The maximum atomic E-state index is 7.96. The van der Waals surface area contributed by atoms with Gasteiger partial charge in [0.1, 0.15) is 5.76 Å². The summed E-state index contributed by atoms with van der Waals surface area (Å²) in [5.74, 6) is 2.87. The standard InChI is InChI=1S/C71H89BN2OS/c1-65(2,3)45-24-29-55(47(38-45)43-22-20-19-21-23-43)74-57-37-44(59-42-76(59,16,17)18)36-56-61(57)72(64-62(74)48-40-52-53(41-58(48)75-64)70(12,13)33-32-69(52,10)11)54-28-27-50-60(71(14,15)35-34-67(50,6)7)63(54)73(56)46-25-26-49-51(39-46)68(8,9)31-30-66(49,4)5/h19-29,36-40,53,59,76H,30-35,41-42H2,1-18H3. The maximum absolute atomic E-state index is 7.96. The van der Waals surface area contributed by atoms with Gasteiger partial charge in [-0.2, -0.15) is 0 Å². The van der Waals surface area contributed by atoms with Gasteiger partial charge in [-0.05, 0) is 199 Å². The van der Waals surface area contributed by atoms with Gasteiger partial charge in [-0.1, -0.05) is 164 Å². The van der Waals surface area contributed by atoms with E-state index >= 15 is 0 Å². The fourth-order valence-electron chi connectivity index (χ4n) is 16.0. The molecule has 6 aromatic rings. The minimum atomic E-state index is -1.99. The van der Waals surface area contributed by atoms with Crippen molar-refractivity contribution in [3.63, 3.8) is 0 Å². The van der Waals surface area contributed by atoms with E-state index in [4.69, 9.17) is 4.42 Å². The molecule has 7 aliphatic rings. The largest absolute Gasteiger partial charge is 0.472 e. The second kappa shape index (κ2) is 15.5. The van der Waals surface area contributed by atoms with Gasteiger partial charge in [-0.15, -0.1) is 0 Å². The highest BCUT2D eigenvalue weighted by molar-refractivity contribution is 8.53. The fourth-order valence-corrected chi connectivity index (χ4v) is 20.1. The third-order valence-electron chi connectivity index (χ3n) is 21.7. The van der Waals surface area contributed by atoms with E-state index in [0.29, 0.717) is 11.2 Å². The first-order chi connectivity index (χ1) is 35.3. The van der Waals surface area contributed by atoms with Gasteiger partial charge in [0, 0.05) is 45.5 Å². The van der Waals surface area contributed by atoms with Gasteiger partial charge in [-0.3, -0.25) is 9.16 Å². The number of thiol groups is 1. The molecule has 5 aromatic carbocycles. The lowest BCUT2D eigenvalue weighted by Gasteiger charge is -2.50. The normalized spacial score (nSPS) is 25.2. The molecule has 76 heavy (non-hydrogen) atoms. The summed E-state index contributed by atoms with van der Waals surface area (Å²) in [5, 5.41) is 0.532. The molecule has 3 nitrogen and oxygen atoms in total. The Morgan fingerprint density at radius 3 is 1.86 bits per heavy atom. The highest BCUT2D eigenvalue weighted by Crippen LogP contribution is 2.87. The molecule has 4 heterocycles. The Balaban J connectivity index is 1.20. The summed E-state index contributed by atoms with van der Waals surface area (Å²) in [7, 11) is -1.99. The fraction of sp³-hybridized carbons (Fsp3) is 0.493. The van der Waals surface area contributed by atoms with Gasteiger partial charge in [0.2, 0.25) is 0 Å². The average molecular weight is 1030 g/mol. The monoisotopic (exact) mass is 1030 g/mol. The third kappa shape index (κ3) is 7.34. The quantitative estimate of drug-likeness (QED) is 0.108. The maximum Gasteiger partial charge on any atom is 0.297 e. The number of hydrogen-bond acceptors (Lipinski definition) is 3. The van der Waals surface area contributed by atoms with Crippen LogP contribution in [0.2, 0.25) is 0 Å². The van der Waals surface area contributed by atoms with Crippen molar-refractivity contribution in [3.8, 4) is 11.1 Å². The van der Waals surface area contributed by atoms with Crippen LogP contribution in [-0.4, -0.2) is 31.2 Å².